The molecule has 0 saturated heterocycles. The Morgan fingerprint density at radius 2 is 0.839 bits per heavy atom. The first-order valence-electron chi connectivity index (χ1n) is 9.83. The van der Waals surface area contributed by atoms with Gasteiger partial charge in [-0.2, -0.15) is 0 Å². The van der Waals surface area contributed by atoms with Crippen molar-refractivity contribution in [3.63, 3.8) is 0 Å². The van der Waals surface area contributed by atoms with Crippen LogP contribution in [-0.4, -0.2) is 0 Å². The van der Waals surface area contributed by atoms with Gasteiger partial charge in [-0.3, -0.25) is 0 Å². The van der Waals surface area contributed by atoms with E-state index in [-0.39, 0.29) is 6.16 Å². The van der Waals surface area contributed by atoms with Crippen LogP contribution in [0.5, 0.6) is 0 Å². The zero-order valence-electron chi connectivity index (χ0n) is 16.8. The molecule has 0 heterocycles. The lowest BCUT2D eigenvalue weighted by atomic mass is 10.1. The van der Waals surface area contributed by atoms with Crippen molar-refractivity contribution in [2.75, 3.05) is 0 Å². The molecule has 0 spiro atoms. The number of benzene rings is 4. The first-order valence-corrected chi connectivity index (χ1v) is 11.8. The van der Waals surface area contributed by atoms with Crippen LogP contribution < -0.4 is 15.9 Å². The lowest BCUT2D eigenvalue weighted by Gasteiger charge is -2.28. The Kier molecular flexibility index (Phi) is 5.93. The normalized spacial score (nSPS) is 11.5. The quantitative estimate of drug-likeness (QED) is 0.202. The first kappa shape index (κ1) is 21.3. The molecule has 4 aromatic rings. The minimum Gasteiger partial charge on any atom is -0.203 e. The summed E-state index contributed by atoms with van der Waals surface area (Å²) in [5.41, 5.74) is -1.22. The summed E-state index contributed by atoms with van der Waals surface area (Å²) in [7, 11) is -2.70. The molecule has 4 rings (SSSR count). The molecule has 4 aromatic carbocycles. The molecule has 0 amide bonds. The van der Waals surface area contributed by atoms with Crippen LogP contribution in [-0.2, 0) is 6.16 Å². The molecule has 0 aliphatic rings. The fraction of sp³-hybridized carbons (Fsp3) is 0.0769. The maximum absolute atomic E-state index is 15.0. The van der Waals surface area contributed by atoms with E-state index in [1.54, 1.807) is 0 Å². The van der Waals surface area contributed by atoms with E-state index in [9.17, 15) is 8.78 Å². The molecule has 0 saturated carbocycles. The summed E-state index contributed by atoms with van der Waals surface area (Å²) >= 11 is 0. The van der Waals surface area contributed by atoms with Crippen molar-refractivity contribution in [1.29, 1.82) is 0 Å². The highest BCUT2D eigenvalue weighted by Gasteiger charge is 2.47. The van der Waals surface area contributed by atoms with Crippen molar-refractivity contribution < 1.29 is 17.6 Å². The number of hydrogen-bond acceptors (Lipinski definition) is 0. The van der Waals surface area contributed by atoms with Gasteiger partial charge in [0.25, 0.3) is 0 Å². The second-order valence-corrected chi connectivity index (χ2v) is 10.8. The van der Waals surface area contributed by atoms with Crippen LogP contribution in [0.3, 0.4) is 0 Å². The molecule has 0 fully saturated rings. The molecule has 0 aromatic heterocycles. The van der Waals surface area contributed by atoms with Gasteiger partial charge in [-0.05, 0) is 43.3 Å². The van der Waals surface area contributed by atoms with Crippen molar-refractivity contribution in [2.24, 2.45) is 0 Å². The zero-order valence-corrected chi connectivity index (χ0v) is 17.7. The van der Waals surface area contributed by atoms with Crippen molar-refractivity contribution in [1.82, 2.24) is 0 Å². The maximum atomic E-state index is 15.0. The summed E-state index contributed by atoms with van der Waals surface area (Å²) in [5, 5.41) is 2.60. The Morgan fingerprint density at radius 3 is 1.16 bits per heavy atom. The molecule has 0 nitrogen and oxygen atoms in total. The topological polar surface area (TPSA) is 0 Å². The second kappa shape index (κ2) is 8.64. The molecular weight excluding hydrogens is 419 g/mol. The largest absolute Gasteiger partial charge is 0.203 e. The Hall–Kier alpha value is -2.97. The van der Waals surface area contributed by atoms with Gasteiger partial charge in [0, 0.05) is 5.56 Å². The maximum Gasteiger partial charge on any atom is 0.169 e. The lowest BCUT2D eigenvalue weighted by molar-refractivity contribution is 0.435. The van der Waals surface area contributed by atoms with Crippen LogP contribution in [0.4, 0.5) is 17.6 Å². The Morgan fingerprint density at radius 1 is 0.516 bits per heavy atom. The second-order valence-electron chi connectivity index (χ2n) is 7.33. The van der Waals surface area contributed by atoms with Gasteiger partial charge >= 0.3 is 0 Å². The minimum atomic E-state index is -2.70. The molecule has 0 aliphatic carbocycles. The Bertz CT molecular complexity index is 1070. The first-order chi connectivity index (χ1) is 15.0. The molecule has 0 atom stereocenters. The van der Waals surface area contributed by atoms with Crippen LogP contribution in [0.1, 0.15) is 11.1 Å². The predicted octanol–water partition coefficient (Wildman–Crippen LogP) is 6.05. The fourth-order valence-electron chi connectivity index (χ4n) is 3.93. The van der Waals surface area contributed by atoms with Crippen molar-refractivity contribution in [3.05, 3.63) is 125 Å². The smallest absolute Gasteiger partial charge is 0.169 e. The van der Waals surface area contributed by atoms with E-state index in [0.29, 0.717) is 0 Å². The highest BCUT2D eigenvalue weighted by Crippen LogP contribution is 2.58. The average Bonchev–Trinajstić information content (AvgIpc) is 2.83. The van der Waals surface area contributed by atoms with E-state index < -0.39 is 41.7 Å². The molecule has 31 heavy (non-hydrogen) atoms. The van der Waals surface area contributed by atoms with E-state index in [2.05, 4.69) is 0 Å². The van der Waals surface area contributed by atoms with Gasteiger partial charge in [0.15, 0.2) is 23.3 Å². The molecule has 0 unspecified atom stereocenters. The van der Waals surface area contributed by atoms with E-state index >= 15 is 8.78 Å². The number of hydrogen-bond donors (Lipinski definition) is 0. The highest BCUT2D eigenvalue weighted by molar-refractivity contribution is 7.95. The van der Waals surface area contributed by atoms with Gasteiger partial charge in [0.1, 0.15) is 29.3 Å². The summed E-state index contributed by atoms with van der Waals surface area (Å²) in [6, 6.07) is 28.2. The number of rotatable bonds is 5. The minimum absolute atomic E-state index is 0.184. The van der Waals surface area contributed by atoms with Gasteiger partial charge in [-0.15, -0.1) is 0 Å². The molecular formula is C26H20F4P+. The van der Waals surface area contributed by atoms with E-state index in [1.807, 2.05) is 91.0 Å². The Balaban J connectivity index is 2.08. The van der Waals surface area contributed by atoms with Crippen molar-refractivity contribution >= 4 is 23.2 Å². The van der Waals surface area contributed by atoms with Crippen LogP contribution in [0, 0.1) is 30.2 Å². The highest BCUT2D eigenvalue weighted by atomic mass is 31.2. The molecule has 156 valence electrons. The molecule has 0 radical (unpaired) electrons. The van der Waals surface area contributed by atoms with E-state index in [1.165, 1.54) is 0 Å². The molecule has 0 aliphatic heterocycles. The van der Waals surface area contributed by atoms with Gasteiger partial charge < -0.3 is 0 Å². The molecule has 0 bridgehead atoms. The third-order valence-corrected chi connectivity index (χ3v) is 9.89. The zero-order chi connectivity index (χ0) is 22.0. The summed E-state index contributed by atoms with van der Waals surface area (Å²) in [6.07, 6.45) is -0.184. The summed E-state index contributed by atoms with van der Waals surface area (Å²) < 4.78 is 58.9. The third-order valence-electron chi connectivity index (χ3n) is 5.56. The van der Waals surface area contributed by atoms with Crippen LogP contribution in [0.25, 0.3) is 0 Å². The predicted molar refractivity (Wildman–Crippen MR) is 120 cm³/mol. The Labute approximate surface area is 179 Å². The standard InChI is InChI=1S/C26H20F4P/c1-18-23(27)25(29)22(26(30)24(18)28)17-31(19-11-5-2-6-12-19,20-13-7-3-8-14-20)21-15-9-4-10-16-21/h2-16H,17H2,1H3/q+1. The van der Waals surface area contributed by atoms with Crippen LogP contribution in [0.15, 0.2) is 91.0 Å². The van der Waals surface area contributed by atoms with Crippen LogP contribution in [0.2, 0.25) is 0 Å². The van der Waals surface area contributed by atoms with Gasteiger partial charge in [-0.25, -0.2) is 17.6 Å². The fourth-order valence-corrected chi connectivity index (χ4v) is 8.17. The summed E-state index contributed by atoms with van der Waals surface area (Å²) in [5.74, 6) is -5.35. The average molecular weight is 439 g/mol. The third kappa shape index (κ3) is 3.66. The van der Waals surface area contributed by atoms with Crippen molar-refractivity contribution in [3.8, 4) is 0 Å². The molecule has 0 N–H and O–H groups in total. The summed E-state index contributed by atoms with van der Waals surface area (Å²) in [6.45, 7) is 1.04. The van der Waals surface area contributed by atoms with Gasteiger partial charge in [0.05, 0.1) is 5.56 Å². The summed E-state index contributed by atoms with van der Waals surface area (Å²) in [4.78, 5) is 0. The number of halogens is 4. The lowest BCUT2D eigenvalue weighted by Crippen LogP contribution is -2.33. The monoisotopic (exact) mass is 439 g/mol. The van der Waals surface area contributed by atoms with Crippen LogP contribution >= 0.6 is 7.26 Å². The van der Waals surface area contributed by atoms with E-state index in [0.717, 1.165) is 22.8 Å². The van der Waals surface area contributed by atoms with Gasteiger partial charge in [-0.1, -0.05) is 54.6 Å². The van der Waals surface area contributed by atoms with Gasteiger partial charge in [0.2, 0.25) is 0 Å². The SMILES string of the molecule is Cc1c(F)c(F)c(C[P+](c2ccccc2)(c2ccccc2)c2ccccc2)c(F)c1F. The molecule has 5 heteroatoms. The van der Waals surface area contributed by atoms with Crippen molar-refractivity contribution in [2.45, 2.75) is 13.1 Å². The van der Waals surface area contributed by atoms with E-state index in [4.69, 9.17) is 0 Å².